The molecule has 22 heavy (non-hydrogen) atoms. The second-order valence-corrected chi connectivity index (χ2v) is 7.29. The minimum atomic E-state index is -0.573. The van der Waals surface area contributed by atoms with Crippen molar-refractivity contribution in [2.45, 2.75) is 116 Å². The zero-order valence-corrected chi connectivity index (χ0v) is 15.3. The molecule has 1 aliphatic rings. The summed E-state index contributed by atoms with van der Waals surface area (Å²) in [6, 6.07) is 0.654. The van der Waals surface area contributed by atoms with E-state index in [1.807, 2.05) is 0 Å². The van der Waals surface area contributed by atoms with Crippen LogP contribution in [0, 0.1) is 0 Å². The highest BCUT2D eigenvalue weighted by Gasteiger charge is 2.24. The average Bonchev–Trinajstić information content (AvgIpc) is 2.52. The number of unbranched alkanes of at least 4 members (excludes halogenated alkanes) is 8. The predicted molar refractivity (Wildman–Crippen MR) is 96.2 cm³/mol. The molecule has 1 rings (SSSR count). The molecule has 0 bridgehead atoms. The number of alkyl halides is 1. The summed E-state index contributed by atoms with van der Waals surface area (Å²) >= 11 is 0. The third-order valence-electron chi connectivity index (χ3n) is 5.19. The molecule has 1 heterocycles. The van der Waals surface area contributed by atoms with Crippen molar-refractivity contribution in [2.24, 2.45) is 0 Å². The lowest BCUT2D eigenvalue weighted by molar-refractivity contribution is 0.0871. The summed E-state index contributed by atoms with van der Waals surface area (Å²) in [5.41, 5.74) is 0. The van der Waals surface area contributed by atoms with Crippen molar-refractivity contribution >= 4 is 0 Å². The average molecular weight is 314 g/mol. The SMILES string of the molecule is CCCCCCCC(CCCCCCC)N1CCC[C@H](F)C1. The van der Waals surface area contributed by atoms with E-state index in [0.29, 0.717) is 12.6 Å². The van der Waals surface area contributed by atoms with Crippen LogP contribution in [0.3, 0.4) is 0 Å². The molecule has 1 fully saturated rings. The number of hydrogen-bond donors (Lipinski definition) is 0. The van der Waals surface area contributed by atoms with E-state index in [1.54, 1.807) is 0 Å². The number of likely N-dealkylation sites (tertiary alicyclic amines) is 1. The molecule has 0 saturated carbocycles. The van der Waals surface area contributed by atoms with Gasteiger partial charge in [0.05, 0.1) is 0 Å². The van der Waals surface area contributed by atoms with E-state index in [-0.39, 0.29) is 0 Å². The topological polar surface area (TPSA) is 3.24 Å². The normalized spacial score (nSPS) is 19.9. The molecule has 0 aromatic carbocycles. The first-order valence-corrected chi connectivity index (χ1v) is 10.2. The van der Waals surface area contributed by atoms with Crippen LogP contribution in [0.25, 0.3) is 0 Å². The van der Waals surface area contributed by atoms with Crippen molar-refractivity contribution < 1.29 is 4.39 Å². The molecule has 1 nitrogen and oxygen atoms in total. The maximum Gasteiger partial charge on any atom is 0.113 e. The van der Waals surface area contributed by atoms with E-state index >= 15 is 0 Å². The molecule has 0 aromatic heterocycles. The number of halogens is 1. The Hall–Kier alpha value is -0.110. The summed E-state index contributed by atoms with van der Waals surface area (Å²) in [6.45, 7) is 6.38. The quantitative estimate of drug-likeness (QED) is 0.350. The van der Waals surface area contributed by atoms with Gasteiger partial charge in [-0.2, -0.15) is 0 Å². The van der Waals surface area contributed by atoms with Crippen LogP contribution in [0.15, 0.2) is 0 Å². The Morgan fingerprint density at radius 1 is 0.864 bits per heavy atom. The largest absolute Gasteiger partial charge is 0.298 e. The fourth-order valence-corrected chi connectivity index (χ4v) is 3.76. The molecule has 0 aliphatic carbocycles. The number of hydrogen-bond acceptors (Lipinski definition) is 1. The van der Waals surface area contributed by atoms with Crippen LogP contribution in [0.5, 0.6) is 0 Å². The van der Waals surface area contributed by atoms with Gasteiger partial charge in [-0.3, -0.25) is 4.90 Å². The van der Waals surface area contributed by atoms with Gasteiger partial charge in [-0.15, -0.1) is 0 Å². The first-order chi connectivity index (χ1) is 10.8. The smallest absolute Gasteiger partial charge is 0.113 e. The van der Waals surface area contributed by atoms with Crippen LogP contribution in [-0.2, 0) is 0 Å². The van der Waals surface area contributed by atoms with Crippen LogP contribution in [0.4, 0.5) is 4.39 Å². The molecule has 0 aromatic rings. The van der Waals surface area contributed by atoms with Crippen LogP contribution in [0.2, 0.25) is 0 Å². The first-order valence-electron chi connectivity index (χ1n) is 10.2. The summed E-state index contributed by atoms with van der Waals surface area (Å²) in [6.07, 6.45) is 17.4. The van der Waals surface area contributed by atoms with Crippen molar-refractivity contribution in [3.05, 3.63) is 0 Å². The third kappa shape index (κ3) is 9.12. The van der Waals surface area contributed by atoms with Gasteiger partial charge in [0.25, 0.3) is 0 Å². The Kier molecular flexibility index (Phi) is 12.1. The summed E-state index contributed by atoms with van der Waals surface area (Å²) in [4.78, 5) is 2.48. The van der Waals surface area contributed by atoms with Crippen molar-refractivity contribution in [3.8, 4) is 0 Å². The highest BCUT2D eigenvalue weighted by molar-refractivity contribution is 4.79. The minimum absolute atomic E-state index is 0.573. The summed E-state index contributed by atoms with van der Waals surface area (Å²) in [7, 11) is 0. The second-order valence-electron chi connectivity index (χ2n) is 7.29. The number of rotatable bonds is 13. The molecular formula is C20H40FN. The van der Waals surface area contributed by atoms with E-state index in [2.05, 4.69) is 18.7 Å². The van der Waals surface area contributed by atoms with Crippen LogP contribution < -0.4 is 0 Å². The van der Waals surface area contributed by atoms with Gasteiger partial charge in [0.15, 0.2) is 0 Å². The fraction of sp³-hybridized carbons (Fsp3) is 1.00. The standard InChI is InChI=1S/C20H40FN/c1-3-5-7-9-11-15-20(16-12-10-8-6-4-2)22-17-13-14-19(21)18-22/h19-20H,3-18H2,1-2H3/t19-/m0/s1. The molecule has 0 spiro atoms. The highest BCUT2D eigenvalue weighted by atomic mass is 19.1. The van der Waals surface area contributed by atoms with Crippen molar-refractivity contribution in [1.82, 2.24) is 4.90 Å². The van der Waals surface area contributed by atoms with Gasteiger partial charge in [0, 0.05) is 12.6 Å². The fourth-order valence-electron chi connectivity index (χ4n) is 3.76. The van der Waals surface area contributed by atoms with E-state index in [1.165, 1.54) is 77.0 Å². The summed E-state index contributed by atoms with van der Waals surface area (Å²) < 4.78 is 13.7. The molecule has 0 N–H and O–H groups in total. The molecule has 2 heteroatoms. The van der Waals surface area contributed by atoms with Crippen LogP contribution >= 0.6 is 0 Å². The zero-order chi connectivity index (χ0) is 16.0. The Bertz CT molecular complexity index is 230. The maximum atomic E-state index is 13.7. The van der Waals surface area contributed by atoms with Gasteiger partial charge in [0.2, 0.25) is 0 Å². The molecule has 1 saturated heterocycles. The summed E-state index contributed by atoms with van der Waals surface area (Å²) in [5.74, 6) is 0. The van der Waals surface area contributed by atoms with Crippen LogP contribution in [-0.4, -0.2) is 30.2 Å². The van der Waals surface area contributed by atoms with Crippen LogP contribution in [0.1, 0.15) is 104 Å². The van der Waals surface area contributed by atoms with E-state index in [9.17, 15) is 4.39 Å². The van der Waals surface area contributed by atoms with Gasteiger partial charge in [-0.1, -0.05) is 78.1 Å². The van der Waals surface area contributed by atoms with Gasteiger partial charge in [0.1, 0.15) is 6.17 Å². The molecule has 1 aliphatic heterocycles. The predicted octanol–water partition coefficient (Wildman–Crippen LogP) is 6.51. The maximum absolute atomic E-state index is 13.7. The van der Waals surface area contributed by atoms with Crippen molar-refractivity contribution in [3.63, 3.8) is 0 Å². The van der Waals surface area contributed by atoms with Gasteiger partial charge >= 0.3 is 0 Å². The Morgan fingerprint density at radius 3 is 1.91 bits per heavy atom. The number of piperidine rings is 1. The van der Waals surface area contributed by atoms with Gasteiger partial charge in [-0.25, -0.2) is 4.39 Å². The Morgan fingerprint density at radius 2 is 1.41 bits per heavy atom. The first kappa shape index (κ1) is 19.9. The second kappa shape index (κ2) is 13.3. The lowest BCUT2D eigenvalue weighted by Crippen LogP contribution is -2.43. The Labute approximate surface area is 139 Å². The third-order valence-corrected chi connectivity index (χ3v) is 5.19. The monoisotopic (exact) mass is 313 g/mol. The zero-order valence-electron chi connectivity index (χ0n) is 15.3. The molecule has 0 amide bonds. The minimum Gasteiger partial charge on any atom is -0.298 e. The molecule has 0 unspecified atom stereocenters. The molecule has 0 radical (unpaired) electrons. The molecule has 132 valence electrons. The lowest BCUT2D eigenvalue weighted by atomic mass is 9.97. The van der Waals surface area contributed by atoms with E-state index in [0.717, 1.165) is 19.4 Å². The highest BCUT2D eigenvalue weighted by Crippen LogP contribution is 2.23. The lowest BCUT2D eigenvalue weighted by Gasteiger charge is -2.36. The van der Waals surface area contributed by atoms with E-state index < -0.39 is 6.17 Å². The Balaban J connectivity index is 2.28. The molecular weight excluding hydrogens is 273 g/mol. The van der Waals surface area contributed by atoms with Gasteiger partial charge < -0.3 is 0 Å². The number of nitrogens with zero attached hydrogens (tertiary/aromatic N) is 1. The van der Waals surface area contributed by atoms with Crippen molar-refractivity contribution in [1.29, 1.82) is 0 Å². The summed E-state index contributed by atoms with van der Waals surface area (Å²) in [5, 5.41) is 0. The van der Waals surface area contributed by atoms with Gasteiger partial charge in [-0.05, 0) is 32.2 Å². The van der Waals surface area contributed by atoms with E-state index in [4.69, 9.17) is 0 Å². The van der Waals surface area contributed by atoms with Crippen molar-refractivity contribution in [2.75, 3.05) is 13.1 Å². The molecule has 1 atom stereocenters.